The highest BCUT2D eigenvalue weighted by Crippen LogP contribution is 2.28. The summed E-state index contributed by atoms with van der Waals surface area (Å²) in [7, 11) is 1.67. The number of aliphatic hydroxyl groups excluding tert-OH is 1. The van der Waals surface area contributed by atoms with Gasteiger partial charge >= 0.3 is 0 Å². The zero-order valence-electron chi connectivity index (χ0n) is 12.8. The molecule has 0 radical (unpaired) electrons. The van der Waals surface area contributed by atoms with Crippen molar-refractivity contribution >= 4 is 0 Å². The van der Waals surface area contributed by atoms with Crippen molar-refractivity contribution in [1.82, 2.24) is 0 Å². The SMILES string of the molecule is C#C.C/C=C(O)\C=C/CC(C)(C)c1ccc(OC)cc1. The maximum atomic E-state index is 9.35. The summed E-state index contributed by atoms with van der Waals surface area (Å²) < 4.78 is 5.15. The van der Waals surface area contributed by atoms with Gasteiger partial charge in [-0.3, -0.25) is 0 Å². The zero-order valence-corrected chi connectivity index (χ0v) is 12.8. The molecule has 1 aromatic carbocycles. The van der Waals surface area contributed by atoms with Gasteiger partial charge in [0.05, 0.1) is 7.11 Å². The van der Waals surface area contributed by atoms with Crippen molar-refractivity contribution in [3.05, 3.63) is 53.8 Å². The fourth-order valence-electron chi connectivity index (χ4n) is 1.73. The van der Waals surface area contributed by atoms with Crippen LogP contribution in [-0.2, 0) is 5.41 Å². The molecule has 0 amide bonds. The molecular weight excluding hydrogens is 248 g/mol. The molecule has 0 saturated carbocycles. The van der Waals surface area contributed by atoms with Crippen LogP contribution in [0.25, 0.3) is 0 Å². The molecule has 108 valence electrons. The van der Waals surface area contributed by atoms with Gasteiger partial charge in [-0.05, 0) is 48.6 Å². The van der Waals surface area contributed by atoms with Crippen molar-refractivity contribution in [3.8, 4) is 18.6 Å². The second-order valence-corrected chi connectivity index (χ2v) is 4.93. The van der Waals surface area contributed by atoms with Gasteiger partial charge in [0.25, 0.3) is 0 Å². The van der Waals surface area contributed by atoms with E-state index in [1.807, 2.05) is 25.1 Å². The molecule has 0 spiro atoms. The quantitative estimate of drug-likeness (QED) is 0.481. The van der Waals surface area contributed by atoms with Gasteiger partial charge in [0.1, 0.15) is 11.5 Å². The molecule has 2 nitrogen and oxygen atoms in total. The molecule has 1 aromatic rings. The van der Waals surface area contributed by atoms with Crippen molar-refractivity contribution in [2.24, 2.45) is 0 Å². The van der Waals surface area contributed by atoms with Gasteiger partial charge in [-0.1, -0.05) is 32.1 Å². The van der Waals surface area contributed by atoms with Gasteiger partial charge in [-0.15, -0.1) is 12.8 Å². The van der Waals surface area contributed by atoms with Crippen LogP contribution in [0.3, 0.4) is 0 Å². The average molecular weight is 272 g/mol. The predicted molar refractivity (Wildman–Crippen MR) is 86.1 cm³/mol. The highest BCUT2D eigenvalue weighted by molar-refractivity contribution is 5.32. The fraction of sp³-hybridized carbons (Fsp3) is 0.333. The topological polar surface area (TPSA) is 29.5 Å². The number of allylic oxidation sites excluding steroid dienone is 3. The van der Waals surface area contributed by atoms with Crippen LogP contribution < -0.4 is 4.74 Å². The molecule has 1 rings (SSSR count). The molecule has 0 unspecified atom stereocenters. The Balaban J connectivity index is 0.00000172. The van der Waals surface area contributed by atoms with Gasteiger partial charge in [0, 0.05) is 0 Å². The Morgan fingerprint density at radius 3 is 2.25 bits per heavy atom. The number of hydrogen-bond acceptors (Lipinski definition) is 2. The third-order valence-corrected chi connectivity index (χ3v) is 3.08. The van der Waals surface area contributed by atoms with Crippen LogP contribution in [0.5, 0.6) is 5.75 Å². The minimum Gasteiger partial charge on any atom is -0.508 e. The third kappa shape index (κ3) is 5.67. The van der Waals surface area contributed by atoms with E-state index in [1.54, 1.807) is 19.3 Å². The number of methoxy groups -OCH3 is 1. The number of terminal acetylenes is 1. The highest BCUT2D eigenvalue weighted by atomic mass is 16.5. The van der Waals surface area contributed by atoms with Gasteiger partial charge in [0.2, 0.25) is 0 Å². The Kier molecular flexibility index (Phi) is 7.93. The molecule has 1 N–H and O–H groups in total. The summed E-state index contributed by atoms with van der Waals surface area (Å²) in [6.07, 6.45) is 14.3. The van der Waals surface area contributed by atoms with Crippen LogP contribution >= 0.6 is 0 Å². The van der Waals surface area contributed by atoms with Crippen LogP contribution in [0.2, 0.25) is 0 Å². The lowest BCUT2D eigenvalue weighted by atomic mass is 9.81. The number of rotatable bonds is 5. The fourth-order valence-corrected chi connectivity index (χ4v) is 1.73. The van der Waals surface area contributed by atoms with E-state index in [4.69, 9.17) is 4.74 Å². The molecule has 0 aromatic heterocycles. The van der Waals surface area contributed by atoms with E-state index in [1.165, 1.54) is 5.56 Å². The lowest BCUT2D eigenvalue weighted by Crippen LogP contribution is -2.15. The standard InChI is InChI=1S/C16H22O2.C2H2/c1-5-14(17)7-6-12-16(2,3)13-8-10-15(18-4)11-9-13;1-2/h5-11,17H,12H2,1-4H3;1-2H/b7-6-,14-5+;. The minimum absolute atomic E-state index is 0.0385. The van der Waals surface area contributed by atoms with Crippen LogP contribution in [0, 0.1) is 12.8 Å². The predicted octanol–water partition coefficient (Wildman–Crippen LogP) is 4.63. The van der Waals surface area contributed by atoms with E-state index in [2.05, 4.69) is 38.8 Å². The molecule has 0 heterocycles. The Morgan fingerprint density at radius 1 is 1.25 bits per heavy atom. The second-order valence-electron chi connectivity index (χ2n) is 4.93. The number of aliphatic hydroxyl groups is 1. The average Bonchev–Trinajstić information content (AvgIpc) is 2.49. The van der Waals surface area contributed by atoms with Crippen molar-refractivity contribution < 1.29 is 9.84 Å². The lowest BCUT2D eigenvalue weighted by molar-refractivity contribution is 0.414. The summed E-state index contributed by atoms with van der Waals surface area (Å²) >= 11 is 0. The Morgan fingerprint density at radius 2 is 1.80 bits per heavy atom. The van der Waals surface area contributed by atoms with E-state index in [9.17, 15) is 5.11 Å². The van der Waals surface area contributed by atoms with Crippen molar-refractivity contribution in [1.29, 1.82) is 0 Å². The summed E-state index contributed by atoms with van der Waals surface area (Å²) in [4.78, 5) is 0. The molecule has 0 fully saturated rings. The normalized spacial score (nSPS) is 11.8. The van der Waals surface area contributed by atoms with Crippen molar-refractivity contribution in [3.63, 3.8) is 0 Å². The summed E-state index contributed by atoms with van der Waals surface area (Å²) in [6, 6.07) is 8.12. The minimum atomic E-state index is 0.0385. The van der Waals surface area contributed by atoms with E-state index in [0.717, 1.165) is 12.2 Å². The Hall–Kier alpha value is -2.14. The lowest BCUT2D eigenvalue weighted by Gasteiger charge is -2.23. The summed E-state index contributed by atoms with van der Waals surface area (Å²) in [5, 5.41) is 9.35. The van der Waals surface area contributed by atoms with E-state index >= 15 is 0 Å². The molecule has 0 atom stereocenters. The summed E-state index contributed by atoms with van der Waals surface area (Å²) in [5.74, 6) is 1.18. The first-order valence-electron chi connectivity index (χ1n) is 6.49. The molecule has 2 heteroatoms. The van der Waals surface area contributed by atoms with Gasteiger partial charge in [-0.2, -0.15) is 0 Å². The van der Waals surface area contributed by atoms with E-state index in [-0.39, 0.29) is 5.41 Å². The molecular formula is C18H24O2. The summed E-state index contributed by atoms with van der Waals surface area (Å²) in [6.45, 7) is 6.19. The molecule has 0 aliphatic heterocycles. The maximum absolute atomic E-state index is 9.35. The molecule has 20 heavy (non-hydrogen) atoms. The molecule has 0 bridgehead atoms. The first-order valence-corrected chi connectivity index (χ1v) is 6.49. The zero-order chi connectivity index (χ0) is 15.6. The first kappa shape index (κ1) is 17.9. The van der Waals surface area contributed by atoms with Crippen LogP contribution in [0.15, 0.2) is 48.3 Å². The molecule has 0 aliphatic rings. The monoisotopic (exact) mass is 272 g/mol. The molecule has 0 aliphatic carbocycles. The number of benzene rings is 1. The molecule has 0 saturated heterocycles. The highest BCUT2D eigenvalue weighted by Gasteiger charge is 2.18. The smallest absolute Gasteiger partial charge is 0.118 e. The van der Waals surface area contributed by atoms with Crippen LogP contribution in [0.4, 0.5) is 0 Å². The number of hydrogen-bond donors (Lipinski definition) is 1. The Labute approximate surface area is 122 Å². The summed E-state index contributed by atoms with van der Waals surface area (Å²) in [5.41, 5.74) is 1.30. The Bertz CT molecular complexity index is 462. The van der Waals surface area contributed by atoms with Crippen LogP contribution in [0.1, 0.15) is 32.8 Å². The van der Waals surface area contributed by atoms with E-state index in [0.29, 0.717) is 5.76 Å². The largest absolute Gasteiger partial charge is 0.508 e. The number of ether oxygens (including phenoxy) is 1. The van der Waals surface area contributed by atoms with Gasteiger partial charge in [-0.25, -0.2) is 0 Å². The maximum Gasteiger partial charge on any atom is 0.118 e. The van der Waals surface area contributed by atoms with Gasteiger partial charge < -0.3 is 9.84 Å². The van der Waals surface area contributed by atoms with Gasteiger partial charge in [0.15, 0.2) is 0 Å². The third-order valence-electron chi connectivity index (χ3n) is 3.08. The van der Waals surface area contributed by atoms with Crippen molar-refractivity contribution in [2.45, 2.75) is 32.6 Å². The van der Waals surface area contributed by atoms with Crippen molar-refractivity contribution in [2.75, 3.05) is 7.11 Å². The van der Waals surface area contributed by atoms with Crippen LogP contribution in [-0.4, -0.2) is 12.2 Å². The van der Waals surface area contributed by atoms with E-state index < -0.39 is 0 Å². The second kappa shape index (κ2) is 8.87. The first-order chi connectivity index (χ1) is 9.49.